The maximum absolute atomic E-state index is 4.09. The average Bonchev–Trinajstić information content (AvgIpc) is 2.53. The molecule has 2 aromatic heterocycles. The molecule has 13 heavy (non-hydrogen) atoms. The van der Waals surface area contributed by atoms with E-state index in [0.29, 0.717) is 0 Å². The van der Waals surface area contributed by atoms with Crippen molar-refractivity contribution in [2.45, 2.75) is 20.8 Å². The number of hydrogen-bond donors (Lipinski definition) is 0. The predicted molar refractivity (Wildman–Crippen MR) is 52.4 cm³/mol. The van der Waals surface area contributed by atoms with Gasteiger partial charge in [0.25, 0.3) is 0 Å². The fraction of sp³-hybridized carbons (Fsp3) is 0.444. The number of fused-ring (bicyclic) bond motifs is 1. The fourth-order valence-electron chi connectivity index (χ4n) is 1.08. The molecule has 0 aliphatic heterocycles. The molecule has 0 saturated carbocycles. The van der Waals surface area contributed by atoms with Crippen LogP contribution in [0.4, 0.5) is 0 Å². The van der Waals surface area contributed by atoms with E-state index < -0.39 is 0 Å². The lowest BCUT2D eigenvalue weighted by molar-refractivity contribution is 0.785. The fourth-order valence-corrected chi connectivity index (χ4v) is 1.08. The van der Waals surface area contributed by atoms with Crippen molar-refractivity contribution in [2.75, 3.05) is 0 Å². The maximum Gasteiger partial charge on any atom is 0.161 e. The Morgan fingerprint density at radius 1 is 1.23 bits per heavy atom. The average molecular weight is 178 g/mol. The third-order valence-electron chi connectivity index (χ3n) is 1.73. The summed E-state index contributed by atoms with van der Waals surface area (Å²) in [6.45, 7) is 5.95. The zero-order valence-electron chi connectivity index (χ0n) is 8.44. The summed E-state index contributed by atoms with van der Waals surface area (Å²) in [6, 6.07) is 0. The number of nitrogens with zero attached hydrogens (tertiary/aromatic N) is 4. The van der Waals surface area contributed by atoms with E-state index in [2.05, 4.69) is 15.1 Å². The Morgan fingerprint density at radius 2 is 1.92 bits per heavy atom. The molecule has 0 saturated heterocycles. The van der Waals surface area contributed by atoms with Crippen molar-refractivity contribution in [1.29, 1.82) is 0 Å². The minimum atomic E-state index is 0.887. The smallest absolute Gasteiger partial charge is 0.161 e. The highest BCUT2D eigenvalue weighted by atomic mass is 15.3. The van der Waals surface area contributed by atoms with Gasteiger partial charge in [-0.15, -0.1) is 0 Å². The van der Waals surface area contributed by atoms with E-state index >= 15 is 0 Å². The van der Waals surface area contributed by atoms with Crippen LogP contribution in [0.1, 0.15) is 19.5 Å². The van der Waals surface area contributed by atoms with Crippen molar-refractivity contribution < 1.29 is 0 Å². The van der Waals surface area contributed by atoms with E-state index in [4.69, 9.17) is 0 Å². The van der Waals surface area contributed by atoms with Crippen LogP contribution in [-0.2, 0) is 7.05 Å². The van der Waals surface area contributed by atoms with Crippen LogP contribution < -0.4 is 0 Å². The summed E-state index contributed by atoms with van der Waals surface area (Å²) < 4.78 is 1.74. The van der Waals surface area contributed by atoms with Crippen LogP contribution in [0, 0.1) is 6.92 Å². The van der Waals surface area contributed by atoms with Crippen molar-refractivity contribution in [2.24, 2.45) is 7.05 Å². The first-order valence-corrected chi connectivity index (χ1v) is 4.38. The summed E-state index contributed by atoms with van der Waals surface area (Å²) >= 11 is 0. The SMILES string of the molecule is CC.Cc1ncnc2c1cnn2C. The maximum atomic E-state index is 4.09. The van der Waals surface area contributed by atoms with Crippen molar-refractivity contribution >= 4 is 11.0 Å². The van der Waals surface area contributed by atoms with Gasteiger partial charge < -0.3 is 0 Å². The summed E-state index contributed by atoms with van der Waals surface area (Å²) in [5, 5.41) is 5.09. The van der Waals surface area contributed by atoms with Crippen LogP contribution in [0.15, 0.2) is 12.5 Å². The molecule has 0 N–H and O–H groups in total. The first kappa shape index (κ1) is 9.64. The van der Waals surface area contributed by atoms with Gasteiger partial charge in [0.15, 0.2) is 5.65 Å². The Balaban J connectivity index is 0.000000396. The second-order valence-corrected chi connectivity index (χ2v) is 2.46. The van der Waals surface area contributed by atoms with Gasteiger partial charge >= 0.3 is 0 Å². The Labute approximate surface area is 77.6 Å². The molecule has 0 atom stereocenters. The molecule has 2 rings (SSSR count). The zero-order chi connectivity index (χ0) is 9.84. The minimum absolute atomic E-state index is 0.887. The van der Waals surface area contributed by atoms with Gasteiger partial charge in [0.1, 0.15) is 6.33 Å². The molecule has 0 aliphatic carbocycles. The van der Waals surface area contributed by atoms with Crippen molar-refractivity contribution in [3.05, 3.63) is 18.2 Å². The van der Waals surface area contributed by atoms with Crippen LogP contribution in [-0.4, -0.2) is 19.7 Å². The Hall–Kier alpha value is -1.45. The van der Waals surface area contributed by atoms with E-state index in [0.717, 1.165) is 16.7 Å². The molecule has 0 aliphatic rings. The molecule has 0 fully saturated rings. The molecule has 0 amide bonds. The highest BCUT2D eigenvalue weighted by Gasteiger charge is 2.01. The minimum Gasteiger partial charge on any atom is -0.250 e. The molecule has 2 heterocycles. The topological polar surface area (TPSA) is 43.6 Å². The van der Waals surface area contributed by atoms with Gasteiger partial charge in [0.2, 0.25) is 0 Å². The van der Waals surface area contributed by atoms with Gasteiger partial charge in [0, 0.05) is 7.05 Å². The van der Waals surface area contributed by atoms with Gasteiger partial charge in [-0.3, -0.25) is 4.68 Å². The Kier molecular flexibility index (Phi) is 2.95. The van der Waals surface area contributed by atoms with E-state index in [9.17, 15) is 0 Å². The first-order valence-electron chi connectivity index (χ1n) is 4.38. The van der Waals surface area contributed by atoms with Gasteiger partial charge in [-0.1, -0.05) is 13.8 Å². The zero-order valence-corrected chi connectivity index (χ0v) is 8.44. The number of hydrogen-bond acceptors (Lipinski definition) is 3. The van der Waals surface area contributed by atoms with E-state index in [-0.39, 0.29) is 0 Å². The molecular weight excluding hydrogens is 164 g/mol. The van der Waals surface area contributed by atoms with Gasteiger partial charge in [-0.05, 0) is 6.92 Å². The van der Waals surface area contributed by atoms with E-state index in [1.807, 2.05) is 27.8 Å². The Morgan fingerprint density at radius 3 is 2.54 bits per heavy atom. The largest absolute Gasteiger partial charge is 0.250 e. The second kappa shape index (κ2) is 3.98. The predicted octanol–water partition coefficient (Wildman–Crippen LogP) is 1.70. The lowest BCUT2D eigenvalue weighted by Crippen LogP contribution is -1.92. The highest BCUT2D eigenvalue weighted by molar-refractivity contribution is 5.76. The molecule has 70 valence electrons. The van der Waals surface area contributed by atoms with Crippen LogP contribution in [0.25, 0.3) is 11.0 Å². The van der Waals surface area contributed by atoms with Crippen LogP contribution >= 0.6 is 0 Å². The number of aromatic nitrogens is 4. The number of rotatable bonds is 0. The Bertz CT molecular complexity index is 391. The van der Waals surface area contributed by atoms with Crippen molar-refractivity contribution in [3.8, 4) is 0 Å². The third kappa shape index (κ3) is 1.66. The molecule has 4 heteroatoms. The first-order chi connectivity index (χ1) is 6.29. The molecule has 2 aromatic rings. The summed E-state index contributed by atoms with van der Waals surface area (Å²) in [4.78, 5) is 8.15. The van der Waals surface area contributed by atoms with Crippen LogP contribution in [0.2, 0.25) is 0 Å². The van der Waals surface area contributed by atoms with Crippen molar-refractivity contribution in [1.82, 2.24) is 19.7 Å². The van der Waals surface area contributed by atoms with Gasteiger partial charge in [-0.2, -0.15) is 5.10 Å². The quantitative estimate of drug-likeness (QED) is 0.616. The lowest BCUT2D eigenvalue weighted by Gasteiger charge is -1.93. The molecular formula is C9H14N4. The summed E-state index contributed by atoms with van der Waals surface area (Å²) in [5.41, 5.74) is 1.86. The molecule has 4 nitrogen and oxygen atoms in total. The highest BCUT2D eigenvalue weighted by Crippen LogP contribution is 2.10. The summed E-state index contributed by atoms with van der Waals surface area (Å²) in [6.07, 6.45) is 3.34. The molecule has 0 spiro atoms. The number of aryl methyl sites for hydroxylation is 2. The third-order valence-corrected chi connectivity index (χ3v) is 1.73. The summed E-state index contributed by atoms with van der Waals surface area (Å²) in [5.74, 6) is 0. The van der Waals surface area contributed by atoms with Crippen LogP contribution in [0.3, 0.4) is 0 Å². The molecule has 0 radical (unpaired) electrons. The summed E-state index contributed by atoms with van der Waals surface area (Å²) in [7, 11) is 1.87. The molecule has 0 unspecified atom stereocenters. The van der Waals surface area contributed by atoms with Gasteiger partial charge in [-0.25, -0.2) is 9.97 Å². The standard InChI is InChI=1S/C7H8N4.C2H6/c1-5-6-3-10-11(2)7(6)9-4-8-5;1-2/h3-4H,1-2H3;1-2H3. The normalized spacial score (nSPS) is 9.54. The van der Waals surface area contributed by atoms with Crippen molar-refractivity contribution in [3.63, 3.8) is 0 Å². The monoisotopic (exact) mass is 178 g/mol. The van der Waals surface area contributed by atoms with E-state index in [1.54, 1.807) is 17.2 Å². The van der Waals surface area contributed by atoms with E-state index in [1.165, 1.54) is 0 Å². The second-order valence-electron chi connectivity index (χ2n) is 2.46. The van der Waals surface area contributed by atoms with Crippen LogP contribution in [0.5, 0.6) is 0 Å². The molecule has 0 aromatic carbocycles. The molecule has 0 bridgehead atoms. The lowest BCUT2D eigenvalue weighted by atomic mass is 10.3. The van der Waals surface area contributed by atoms with Gasteiger partial charge in [0.05, 0.1) is 17.3 Å².